The Bertz CT molecular complexity index is 646. The van der Waals surface area contributed by atoms with Gasteiger partial charge in [-0.1, -0.05) is 18.1 Å². The van der Waals surface area contributed by atoms with Gasteiger partial charge in [0.1, 0.15) is 5.76 Å². The maximum absolute atomic E-state index is 9.76. The van der Waals surface area contributed by atoms with E-state index in [2.05, 4.69) is 16.2 Å². The van der Waals surface area contributed by atoms with Crippen molar-refractivity contribution in [3.8, 4) is 12.3 Å². The summed E-state index contributed by atoms with van der Waals surface area (Å²) in [6, 6.07) is 3.93. The average molecular weight is 278 g/mol. The van der Waals surface area contributed by atoms with Gasteiger partial charge >= 0.3 is 0 Å². The zero-order valence-electron chi connectivity index (χ0n) is 12.0. The number of pyridine rings is 1. The smallest absolute Gasteiger partial charge is 0.111 e. The number of terminal acetylenes is 1. The van der Waals surface area contributed by atoms with Crippen LogP contribution in [0.4, 0.5) is 0 Å². The van der Waals surface area contributed by atoms with Crippen molar-refractivity contribution in [2.24, 2.45) is 0 Å². The molecule has 0 saturated heterocycles. The first kappa shape index (κ1) is 14.7. The maximum Gasteiger partial charge on any atom is 0.111 e. The van der Waals surface area contributed by atoms with Crippen molar-refractivity contribution in [1.29, 1.82) is 0 Å². The summed E-state index contributed by atoms with van der Waals surface area (Å²) in [5.74, 6) is 2.96. The van der Waals surface area contributed by atoms with E-state index in [9.17, 15) is 5.11 Å². The summed E-state index contributed by atoms with van der Waals surface area (Å²) in [5, 5.41) is 13.0. The van der Waals surface area contributed by atoms with Gasteiger partial charge in [0.05, 0.1) is 0 Å². The summed E-state index contributed by atoms with van der Waals surface area (Å²) in [4.78, 5) is 4.08. The van der Waals surface area contributed by atoms with Gasteiger partial charge in [0.15, 0.2) is 0 Å². The van der Waals surface area contributed by atoms with Crippen LogP contribution < -0.4 is 5.32 Å². The molecule has 0 amide bonds. The van der Waals surface area contributed by atoms with E-state index >= 15 is 0 Å². The fourth-order valence-electron chi connectivity index (χ4n) is 1.91. The zero-order chi connectivity index (χ0) is 15.1. The molecule has 2 rings (SSSR count). The van der Waals surface area contributed by atoms with E-state index in [-0.39, 0.29) is 11.8 Å². The molecule has 0 aliphatic carbocycles. The van der Waals surface area contributed by atoms with Crippen LogP contribution >= 0.6 is 0 Å². The van der Waals surface area contributed by atoms with E-state index in [1.165, 1.54) is 0 Å². The van der Waals surface area contributed by atoms with E-state index in [1.54, 1.807) is 24.5 Å². The summed E-state index contributed by atoms with van der Waals surface area (Å²) in [6.45, 7) is 2.00. The summed E-state index contributed by atoms with van der Waals surface area (Å²) in [5.41, 5.74) is 2.67. The lowest BCUT2D eigenvalue weighted by Crippen LogP contribution is -2.18. The Hall–Kier alpha value is -2.73. The number of nitrogens with one attached hydrogen (secondary N) is 1. The van der Waals surface area contributed by atoms with Crippen LogP contribution in [0.1, 0.15) is 18.9 Å². The molecule has 0 saturated carbocycles. The second kappa shape index (κ2) is 7.16. The van der Waals surface area contributed by atoms with Gasteiger partial charge < -0.3 is 10.4 Å². The lowest BCUT2D eigenvalue weighted by Gasteiger charge is -2.09. The average Bonchev–Trinajstić information content (AvgIpc) is 2.59. The van der Waals surface area contributed by atoms with Crippen molar-refractivity contribution in [2.75, 3.05) is 0 Å². The molecule has 2 heterocycles. The molecule has 3 nitrogen and oxygen atoms in total. The van der Waals surface area contributed by atoms with Gasteiger partial charge in [-0.05, 0) is 48.8 Å². The van der Waals surface area contributed by atoms with Crippen LogP contribution in [0, 0.1) is 12.3 Å². The molecular weight excluding hydrogens is 260 g/mol. The van der Waals surface area contributed by atoms with Crippen LogP contribution in [0.15, 0.2) is 65.9 Å². The Morgan fingerprint density at radius 3 is 3.14 bits per heavy atom. The SMILES string of the molecule is C#CC(=C\c1cccnc1)/C1=C/N[C@@H](C)/C=C\C(O)=C/C1. The largest absolute Gasteiger partial charge is 0.508 e. The highest BCUT2D eigenvalue weighted by atomic mass is 16.3. The quantitative estimate of drug-likeness (QED) is 0.815. The Morgan fingerprint density at radius 1 is 1.57 bits per heavy atom. The normalized spacial score (nSPS) is 25.7. The fraction of sp³-hybridized carbons (Fsp3) is 0.167. The van der Waals surface area contributed by atoms with Gasteiger partial charge in [-0.15, -0.1) is 6.42 Å². The summed E-state index contributed by atoms with van der Waals surface area (Å²) in [7, 11) is 0. The van der Waals surface area contributed by atoms with Crippen molar-refractivity contribution < 1.29 is 5.11 Å². The topological polar surface area (TPSA) is 45.2 Å². The van der Waals surface area contributed by atoms with Crippen LogP contribution in [-0.2, 0) is 0 Å². The summed E-state index contributed by atoms with van der Waals surface area (Å²) in [6.07, 6.45) is 18.8. The molecule has 21 heavy (non-hydrogen) atoms. The molecule has 1 atom stereocenters. The second-order valence-electron chi connectivity index (χ2n) is 4.81. The highest BCUT2D eigenvalue weighted by Gasteiger charge is 2.05. The highest BCUT2D eigenvalue weighted by Crippen LogP contribution is 2.19. The van der Waals surface area contributed by atoms with Gasteiger partial charge in [0, 0.05) is 30.2 Å². The number of nitrogens with zero attached hydrogens (tertiary/aromatic N) is 1. The Kier molecular flexibility index (Phi) is 5.00. The number of hydrogen-bond donors (Lipinski definition) is 2. The number of allylic oxidation sites excluding steroid dienone is 4. The van der Waals surface area contributed by atoms with E-state index in [0.29, 0.717) is 6.42 Å². The lowest BCUT2D eigenvalue weighted by atomic mass is 10.0. The molecule has 1 aromatic rings. The van der Waals surface area contributed by atoms with Crippen molar-refractivity contribution in [1.82, 2.24) is 10.3 Å². The molecule has 2 N–H and O–H groups in total. The minimum Gasteiger partial charge on any atom is -0.508 e. The van der Waals surface area contributed by atoms with Crippen LogP contribution in [0.5, 0.6) is 0 Å². The first-order valence-electron chi connectivity index (χ1n) is 6.80. The van der Waals surface area contributed by atoms with Crippen LogP contribution in [0.25, 0.3) is 6.08 Å². The van der Waals surface area contributed by atoms with Crippen LogP contribution in [0.2, 0.25) is 0 Å². The van der Waals surface area contributed by atoms with Crippen molar-refractivity contribution >= 4 is 6.08 Å². The van der Waals surface area contributed by atoms with E-state index < -0.39 is 0 Å². The van der Waals surface area contributed by atoms with Gasteiger partial charge in [-0.3, -0.25) is 4.98 Å². The summed E-state index contributed by atoms with van der Waals surface area (Å²) < 4.78 is 0. The molecule has 1 aliphatic rings. The Labute approximate surface area is 125 Å². The monoisotopic (exact) mass is 278 g/mol. The van der Waals surface area contributed by atoms with E-state index in [1.807, 2.05) is 37.4 Å². The van der Waals surface area contributed by atoms with Crippen molar-refractivity contribution in [2.45, 2.75) is 19.4 Å². The Balaban J connectivity index is 2.33. The molecule has 3 heteroatoms. The van der Waals surface area contributed by atoms with Crippen LogP contribution in [-0.4, -0.2) is 16.1 Å². The first-order chi connectivity index (χ1) is 10.2. The van der Waals surface area contributed by atoms with Gasteiger partial charge in [-0.2, -0.15) is 0 Å². The number of hydrogen-bond acceptors (Lipinski definition) is 3. The van der Waals surface area contributed by atoms with Crippen molar-refractivity contribution in [3.05, 3.63) is 71.4 Å². The molecule has 1 aromatic heterocycles. The third-order valence-corrected chi connectivity index (χ3v) is 3.10. The van der Waals surface area contributed by atoms with Crippen LogP contribution in [0.3, 0.4) is 0 Å². The number of aliphatic hydroxyl groups excluding tert-OH is 1. The molecular formula is C18H18N2O. The molecule has 1 aliphatic heterocycles. The molecule has 0 unspecified atom stereocenters. The van der Waals surface area contributed by atoms with E-state index in [4.69, 9.17) is 6.42 Å². The first-order valence-corrected chi connectivity index (χ1v) is 6.80. The summed E-state index contributed by atoms with van der Waals surface area (Å²) >= 11 is 0. The third kappa shape index (κ3) is 4.39. The van der Waals surface area contributed by atoms with Gasteiger partial charge in [0.2, 0.25) is 0 Å². The minimum absolute atomic E-state index is 0.117. The van der Waals surface area contributed by atoms with Crippen molar-refractivity contribution in [3.63, 3.8) is 0 Å². The molecule has 0 spiro atoms. The molecule has 0 aromatic carbocycles. The Morgan fingerprint density at radius 2 is 2.43 bits per heavy atom. The number of aromatic nitrogens is 1. The molecule has 0 bridgehead atoms. The third-order valence-electron chi connectivity index (χ3n) is 3.10. The number of aliphatic hydroxyl groups is 1. The second-order valence-corrected chi connectivity index (χ2v) is 4.81. The van der Waals surface area contributed by atoms with Gasteiger partial charge in [0.25, 0.3) is 0 Å². The lowest BCUT2D eigenvalue weighted by molar-refractivity contribution is 0.430. The number of rotatable bonds is 2. The van der Waals surface area contributed by atoms with E-state index in [0.717, 1.165) is 16.7 Å². The molecule has 0 radical (unpaired) electrons. The minimum atomic E-state index is 0.117. The van der Waals surface area contributed by atoms with Gasteiger partial charge in [-0.25, -0.2) is 0 Å². The zero-order valence-corrected chi connectivity index (χ0v) is 12.0. The highest BCUT2D eigenvalue weighted by molar-refractivity contribution is 5.64. The predicted molar refractivity (Wildman–Crippen MR) is 86.2 cm³/mol. The molecule has 106 valence electrons. The predicted octanol–water partition coefficient (Wildman–Crippen LogP) is 3.36. The molecule has 0 fully saturated rings. The maximum atomic E-state index is 9.76. The fourth-order valence-corrected chi connectivity index (χ4v) is 1.91. The standard InChI is InChI=1S/C18H18N2O/c1-3-16(11-15-5-4-10-19-12-15)17-7-9-18(21)8-6-14(2)20-13-17/h1,4-6,8-14,20-21H,7H2,2H3/b8-6-,16-11+,17-13+,18-9+/t14-/m0/s1.